The Kier molecular flexibility index (Phi) is 10.1. The number of benzene rings is 2. The number of amides is 3. The molecule has 1 aliphatic heterocycles. The van der Waals surface area contributed by atoms with Crippen molar-refractivity contribution >= 4 is 17.7 Å². The van der Waals surface area contributed by atoms with Crippen molar-refractivity contribution in [2.45, 2.75) is 39.3 Å². The van der Waals surface area contributed by atoms with Crippen molar-refractivity contribution in [3.05, 3.63) is 66.8 Å². The topological polar surface area (TPSA) is 154 Å². The van der Waals surface area contributed by atoms with E-state index in [1.807, 2.05) is 67.1 Å². The van der Waals surface area contributed by atoms with Gasteiger partial charge in [-0.2, -0.15) is 4.98 Å². The van der Waals surface area contributed by atoms with Gasteiger partial charge in [0.2, 0.25) is 29.4 Å². The quantitative estimate of drug-likeness (QED) is 0.333. The predicted molar refractivity (Wildman–Crippen MR) is 164 cm³/mol. The molecular formula is C32H37N7O6. The fourth-order valence-corrected chi connectivity index (χ4v) is 5.01. The second kappa shape index (κ2) is 14.5. The third-order valence-electron chi connectivity index (χ3n) is 7.41. The number of aromatic nitrogens is 4. The van der Waals surface area contributed by atoms with Gasteiger partial charge in [-0.3, -0.25) is 14.4 Å². The lowest BCUT2D eigenvalue weighted by molar-refractivity contribution is -0.137. The number of ether oxygens (including phenoxy) is 2. The minimum absolute atomic E-state index is 0.0270. The Morgan fingerprint density at radius 2 is 1.93 bits per heavy atom. The molecule has 5 rings (SSSR count). The van der Waals surface area contributed by atoms with E-state index in [0.29, 0.717) is 42.1 Å². The van der Waals surface area contributed by atoms with E-state index in [2.05, 4.69) is 25.8 Å². The highest BCUT2D eigenvalue weighted by Gasteiger charge is 2.26. The van der Waals surface area contributed by atoms with Crippen molar-refractivity contribution in [1.82, 2.24) is 35.2 Å². The molecule has 3 heterocycles. The Bertz CT molecular complexity index is 1620. The van der Waals surface area contributed by atoms with Gasteiger partial charge in [0.1, 0.15) is 18.5 Å². The molecule has 3 amide bonds. The summed E-state index contributed by atoms with van der Waals surface area (Å²) in [7, 11) is 1.55. The molecule has 1 atom stereocenters. The second-order valence-electron chi connectivity index (χ2n) is 10.9. The average Bonchev–Trinajstić information content (AvgIpc) is 3.72. The molecule has 0 fully saturated rings. The number of nitrogens with one attached hydrogen (secondary N) is 2. The van der Waals surface area contributed by atoms with E-state index < -0.39 is 11.9 Å². The van der Waals surface area contributed by atoms with Crippen molar-refractivity contribution < 1.29 is 28.4 Å². The van der Waals surface area contributed by atoms with Crippen LogP contribution in [0, 0.1) is 5.92 Å². The molecule has 0 spiro atoms. The maximum absolute atomic E-state index is 13.5. The second-order valence-corrected chi connectivity index (χ2v) is 10.9. The normalized spacial score (nSPS) is 16.3. The van der Waals surface area contributed by atoms with Gasteiger partial charge >= 0.3 is 0 Å². The molecule has 0 saturated heterocycles. The van der Waals surface area contributed by atoms with Crippen LogP contribution >= 0.6 is 0 Å². The average molecular weight is 616 g/mol. The number of hydrogen-bond acceptors (Lipinski definition) is 9. The van der Waals surface area contributed by atoms with Crippen molar-refractivity contribution in [3.8, 4) is 34.3 Å². The van der Waals surface area contributed by atoms with Gasteiger partial charge < -0.3 is 34.1 Å². The standard InChI is InChI=1S/C32H37N7O6/c1-21(2)29-32(42)34-14-16-38-15-13-33-31(38)23-9-10-24(43-3)25(19-23)44-18-17-39(20-26(40)35-29)28(41)12-11-27-36-30(37-45-27)22-7-5-4-6-8-22/h4-10,13,15,19,21,29H,11-12,14,16-18,20H2,1-3H3,(H,34,42)(H,35,40)/t29-/m1/s1. The molecule has 2 N–H and O–H groups in total. The first-order chi connectivity index (χ1) is 21.8. The van der Waals surface area contributed by atoms with Crippen molar-refractivity contribution in [1.29, 1.82) is 0 Å². The van der Waals surface area contributed by atoms with Gasteiger partial charge in [-0.15, -0.1) is 0 Å². The molecule has 2 aromatic carbocycles. The van der Waals surface area contributed by atoms with E-state index in [0.717, 1.165) is 11.1 Å². The van der Waals surface area contributed by atoms with Gasteiger partial charge in [-0.1, -0.05) is 49.3 Å². The molecule has 0 aliphatic carbocycles. The number of nitrogens with zero attached hydrogens (tertiary/aromatic N) is 5. The summed E-state index contributed by atoms with van der Waals surface area (Å²) in [5, 5.41) is 9.75. The van der Waals surface area contributed by atoms with Crippen LogP contribution in [0.15, 0.2) is 65.4 Å². The fraction of sp³-hybridized carbons (Fsp3) is 0.375. The summed E-state index contributed by atoms with van der Waals surface area (Å²) >= 11 is 0. The molecular weight excluding hydrogens is 578 g/mol. The monoisotopic (exact) mass is 615 g/mol. The summed E-state index contributed by atoms with van der Waals surface area (Å²) in [5.74, 6) is 1.18. The number of carbonyl (C=O) groups is 3. The zero-order valence-electron chi connectivity index (χ0n) is 25.6. The summed E-state index contributed by atoms with van der Waals surface area (Å²) in [5.41, 5.74) is 1.60. The first-order valence-electron chi connectivity index (χ1n) is 14.9. The van der Waals surface area contributed by atoms with Crippen molar-refractivity contribution in [2.75, 3.05) is 33.4 Å². The van der Waals surface area contributed by atoms with E-state index in [4.69, 9.17) is 14.0 Å². The summed E-state index contributed by atoms with van der Waals surface area (Å²) in [6.07, 6.45) is 3.75. The molecule has 2 bridgehead atoms. The summed E-state index contributed by atoms with van der Waals surface area (Å²) in [6.45, 7) is 4.43. The summed E-state index contributed by atoms with van der Waals surface area (Å²) in [6, 6.07) is 14.1. The molecule has 0 unspecified atom stereocenters. The highest BCUT2D eigenvalue weighted by molar-refractivity contribution is 5.90. The highest BCUT2D eigenvalue weighted by atomic mass is 16.5. The lowest BCUT2D eigenvalue weighted by Gasteiger charge is -2.26. The van der Waals surface area contributed by atoms with Crippen LogP contribution in [-0.4, -0.2) is 81.7 Å². The molecule has 45 heavy (non-hydrogen) atoms. The number of aryl methyl sites for hydroxylation is 1. The number of methoxy groups -OCH3 is 1. The molecule has 1 aliphatic rings. The Morgan fingerprint density at radius 3 is 2.71 bits per heavy atom. The van der Waals surface area contributed by atoms with Crippen LogP contribution in [0.5, 0.6) is 11.5 Å². The van der Waals surface area contributed by atoms with Crippen LogP contribution in [0.3, 0.4) is 0 Å². The fourth-order valence-electron chi connectivity index (χ4n) is 5.01. The highest BCUT2D eigenvalue weighted by Crippen LogP contribution is 2.32. The van der Waals surface area contributed by atoms with Crippen molar-refractivity contribution in [2.24, 2.45) is 5.92 Å². The minimum Gasteiger partial charge on any atom is -0.493 e. The molecule has 2 aromatic heterocycles. The molecule has 0 saturated carbocycles. The van der Waals surface area contributed by atoms with E-state index in [1.165, 1.54) is 4.90 Å². The zero-order valence-corrected chi connectivity index (χ0v) is 25.6. The third kappa shape index (κ3) is 7.85. The van der Waals surface area contributed by atoms with Gasteiger partial charge in [0.05, 0.1) is 20.2 Å². The number of hydrogen-bond donors (Lipinski definition) is 2. The third-order valence-corrected chi connectivity index (χ3v) is 7.41. The maximum atomic E-state index is 13.5. The Labute approximate surface area is 260 Å². The minimum atomic E-state index is -0.780. The number of carbonyl (C=O) groups excluding carboxylic acids is 3. The molecule has 0 radical (unpaired) electrons. The Balaban J connectivity index is 1.35. The van der Waals surface area contributed by atoms with E-state index >= 15 is 0 Å². The zero-order chi connectivity index (χ0) is 31.8. The predicted octanol–water partition coefficient (Wildman–Crippen LogP) is 2.72. The lowest BCUT2D eigenvalue weighted by Crippen LogP contribution is -2.53. The first-order valence-corrected chi connectivity index (χ1v) is 14.9. The van der Waals surface area contributed by atoms with Crippen LogP contribution < -0.4 is 20.1 Å². The van der Waals surface area contributed by atoms with E-state index in [9.17, 15) is 14.4 Å². The Morgan fingerprint density at radius 1 is 1.11 bits per heavy atom. The lowest BCUT2D eigenvalue weighted by atomic mass is 10.0. The SMILES string of the molecule is COc1ccc2cc1OCCN(C(=O)CCc1nc(-c3ccccc3)no1)CC(=O)N[C@H](C(C)C)C(=O)NCCn1ccnc1-2. The van der Waals surface area contributed by atoms with Crippen LogP contribution in [0.25, 0.3) is 22.8 Å². The molecule has 236 valence electrons. The van der Waals surface area contributed by atoms with Gasteiger partial charge in [0.25, 0.3) is 0 Å². The van der Waals surface area contributed by atoms with E-state index in [-0.39, 0.29) is 50.3 Å². The Hall–Kier alpha value is -5.20. The largest absolute Gasteiger partial charge is 0.493 e. The van der Waals surface area contributed by atoms with Crippen molar-refractivity contribution in [3.63, 3.8) is 0 Å². The van der Waals surface area contributed by atoms with Gasteiger partial charge in [0, 0.05) is 49.5 Å². The molecule has 4 aromatic rings. The van der Waals surface area contributed by atoms with Crippen LogP contribution in [-0.2, 0) is 27.3 Å². The van der Waals surface area contributed by atoms with Gasteiger partial charge in [-0.25, -0.2) is 4.98 Å². The van der Waals surface area contributed by atoms with Crippen LogP contribution in [0.1, 0.15) is 26.2 Å². The first kappa shape index (κ1) is 31.2. The van der Waals surface area contributed by atoms with Gasteiger partial charge in [-0.05, 0) is 24.1 Å². The maximum Gasteiger partial charge on any atom is 0.242 e. The van der Waals surface area contributed by atoms with Crippen LogP contribution in [0.4, 0.5) is 0 Å². The van der Waals surface area contributed by atoms with Crippen LogP contribution in [0.2, 0.25) is 0 Å². The van der Waals surface area contributed by atoms with E-state index in [1.54, 1.807) is 19.4 Å². The number of imidazole rings is 1. The number of rotatable bonds is 6. The summed E-state index contributed by atoms with van der Waals surface area (Å²) in [4.78, 5) is 50.1. The smallest absolute Gasteiger partial charge is 0.242 e. The summed E-state index contributed by atoms with van der Waals surface area (Å²) < 4.78 is 18.9. The van der Waals surface area contributed by atoms with Gasteiger partial charge in [0.15, 0.2) is 11.5 Å². The molecule has 13 nitrogen and oxygen atoms in total. The molecule has 13 heteroatoms. The number of fused-ring (bicyclic) bond motifs is 4.